The Labute approximate surface area is 141 Å². The Morgan fingerprint density at radius 1 is 1.26 bits per heavy atom. The Kier molecular flexibility index (Phi) is 7.33. The summed E-state index contributed by atoms with van der Waals surface area (Å²) < 4.78 is 5.95. The molecule has 0 aromatic heterocycles. The molecule has 1 rings (SSSR count). The second kappa shape index (κ2) is 8.34. The third-order valence-electron chi connectivity index (χ3n) is 4.40. The lowest BCUT2D eigenvalue weighted by Crippen LogP contribution is -2.48. The van der Waals surface area contributed by atoms with Crippen molar-refractivity contribution in [3.05, 3.63) is 0 Å². The first-order valence-electron chi connectivity index (χ1n) is 8.83. The van der Waals surface area contributed by atoms with Crippen molar-refractivity contribution in [3.63, 3.8) is 0 Å². The lowest BCUT2D eigenvalue weighted by atomic mass is 9.78. The quantitative estimate of drug-likeness (QED) is 0.702. The van der Waals surface area contributed by atoms with Gasteiger partial charge in [-0.1, -0.05) is 34.6 Å². The van der Waals surface area contributed by atoms with Crippen LogP contribution in [0, 0.1) is 16.7 Å². The van der Waals surface area contributed by atoms with Gasteiger partial charge in [-0.05, 0) is 37.0 Å². The zero-order chi connectivity index (χ0) is 17.7. The number of aliphatic hydroxyl groups is 1. The molecule has 1 aliphatic heterocycles. The van der Waals surface area contributed by atoms with Crippen molar-refractivity contribution in [1.29, 1.82) is 0 Å². The summed E-state index contributed by atoms with van der Waals surface area (Å²) in [7, 11) is 0. The fourth-order valence-corrected chi connectivity index (χ4v) is 3.49. The molecule has 2 amide bonds. The summed E-state index contributed by atoms with van der Waals surface area (Å²) in [6.07, 6.45) is 2.64. The maximum absolute atomic E-state index is 12.0. The Bertz CT molecular complexity index is 375. The fraction of sp³-hybridized carbons (Fsp3) is 0.944. The van der Waals surface area contributed by atoms with Crippen molar-refractivity contribution in [2.24, 2.45) is 16.7 Å². The standard InChI is InChI=1S/C18H36N2O3/c1-13(21)10-18(5,6)12-20-16(22)19-11-14-8-7-9-23-15(14)17(2,3)4/h13-15,21H,7-12H2,1-6H3,(H2,19,20,22)/t13-,14+,15-/m0/s1. The molecule has 3 atom stereocenters. The molecule has 136 valence electrons. The number of nitrogens with one attached hydrogen (secondary N) is 2. The molecule has 0 aromatic carbocycles. The summed E-state index contributed by atoms with van der Waals surface area (Å²) in [5.41, 5.74) is -0.0318. The molecule has 3 N–H and O–H groups in total. The van der Waals surface area contributed by atoms with Gasteiger partial charge in [-0.3, -0.25) is 0 Å². The number of hydrogen-bond acceptors (Lipinski definition) is 3. The first-order chi connectivity index (χ1) is 10.5. The summed E-state index contributed by atoms with van der Waals surface area (Å²) in [6.45, 7) is 14.4. The van der Waals surface area contributed by atoms with E-state index in [9.17, 15) is 9.90 Å². The summed E-state index contributed by atoms with van der Waals surface area (Å²) in [4.78, 5) is 12.0. The van der Waals surface area contributed by atoms with Gasteiger partial charge in [0.1, 0.15) is 0 Å². The second-order valence-corrected chi connectivity index (χ2v) is 8.84. The monoisotopic (exact) mass is 328 g/mol. The van der Waals surface area contributed by atoms with Crippen LogP contribution in [0.3, 0.4) is 0 Å². The molecule has 0 saturated carbocycles. The van der Waals surface area contributed by atoms with Crippen LogP contribution in [0.25, 0.3) is 0 Å². The van der Waals surface area contributed by atoms with Crippen LogP contribution in [0.1, 0.15) is 60.8 Å². The maximum atomic E-state index is 12.0. The highest BCUT2D eigenvalue weighted by Gasteiger charge is 2.35. The summed E-state index contributed by atoms with van der Waals surface area (Å²) >= 11 is 0. The highest BCUT2D eigenvalue weighted by atomic mass is 16.5. The van der Waals surface area contributed by atoms with E-state index in [0.29, 0.717) is 25.4 Å². The van der Waals surface area contributed by atoms with Crippen LogP contribution in [0.4, 0.5) is 4.79 Å². The molecule has 5 nitrogen and oxygen atoms in total. The van der Waals surface area contributed by atoms with E-state index in [1.807, 2.05) is 13.8 Å². The molecule has 0 aromatic rings. The number of amides is 2. The van der Waals surface area contributed by atoms with E-state index >= 15 is 0 Å². The largest absolute Gasteiger partial charge is 0.393 e. The normalized spacial score (nSPS) is 24.1. The third kappa shape index (κ3) is 7.53. The molecule has 1 fully saturated rings. The van der Waals surface area contributed by atoms with Crippen molar-refractivity contribution in [1.82, 2.24) is 10.6 Å². The van der Waals surface area contributed by atoms with Crippen LogP contribution in [0.15, 0.2) is 0 Å². The number of ether oxygens (including phenoxy) is 1. The molecular weight excluding hydrogens is 292 g/mol. The van der Waals surface area contributed by atoms with Gasteiger partial charge in [0, 0.05) is 25.6 Å². The van der Waals surface area contributed by atoms with Crippen molar-refractivity contribution in [3.8, 4) is 0 Å². The fourth-order valence-electron chi connectivity index (χ4n) is 3.49. The molecule has 1 aliphatic rings. The van der Waals surface area contributed by atoms with E-state index in [-0.39, 0.29) is 29.1 Å². The molecule has 23 heavy (non-hydrogen) atoms. The van der Waals surface area contributed by atoms with Gasteiger partial charge in [-0.15, -0.1) is 0 Å². The lowest BCUT2D eigenvalue weighted by Gasteiger charge is -2.40. The maximum Gasteiger partial charge on any atom is 0.314 e. The van der Waals surface area contributed by atoms with Crippen molar-refractivity contribution < 1.29 is 14.6 Å². The number of carbonyl (C=O) groups is 1. The number of urea groups is 1. The Morgan fingerprint density at radius 3 is 2.48 bits per heavy atom. The number of hydrogen-bond donors (Lipinski definition) is 3. The average Bonchev–Trinajstić information content (AvgIpc) is 2.41. The Balaban J connectivity index is 2.40. The highest BCUT2D eigenvalue weighted by molar-refractivity contribution is 5.73. The summed E-state index contributed by atoms with van der Waals surface area (Å²) in [6, 6.07) is -0.137. The minimum Gasteiger partial charge on any atom is -0.393 e. The minimum absolute atomic E-state index is 0.0858. The highest BCUT2D eigenvalue weighted by Crippen LogP contribution is 2.33. The topological polar surface area (TPSA) is 70.6 Å². The first kappa shape index (κ1) is 20.2. The molecular formula is C18H36N2O3. The first-order valence-corrected chi connectivity index (χ1v) is 8.83. The van der Waals surface area contributed by atoms with Crippen molar-refractivity contribution in [2.45, 2.75) is 73.0 Å². The summed E-state index contributed by atoms with van der Waals surface area (Å²) in [5.74, 6) is 0.361. The molecule has 0 spiro atoms. The van der Waals surface area contributed by atoms with E-state index < -0.39 is 0 Å². The van der Waals surface area contributed by atoms with Crippen LogP contribution in [-0.4, -0.2) is 43.0 Å². The molecule has 5 heteroatoms. The number of rotatable bonds is 6. The van der Waals surface area contributed by atoms with Gasteiger partial charge < -0.3 is 20.5 Å². The van der Waals surface area contributed by atoms with Gasteiger partial charge in [0.15, 0.2) is 0 Å². The SMILES string of the molecule is C[C@H](O)CC(C)(C)CNC(=O)NC[C@H]1CCCO[C@@H]1C(C)(C)C. The molecule has 1 heterocycles. The van der Waals surface area contributed by atoms with Crippen LogP contribution < -0.4 is 10.6 Å². The average molecular weight is 328 g/mol. The second-order valence-electron chi connectivity index (χ2n) is 8.84. The van der Waals surface area contributed by atoms with E-state index in [4.69, 9.17) is 4.74 Å². The van der Waals surface area contributed by atoms with E-state index in [0.717, 1.165) is 19.4 Å². The van der Waals surface area contributed by atoms with Crippen LogP contribution >= 0.6 is 0 Å². The van der Waals surface area contributed by atoms with Crippen molar-refractivity contribution >= 4 is 6.03 Å². The molecule has 0 aliphatic carbocycles. The predicted octanol–water partition coefficient (Wildman–Crippen LogP) is 2.92. The van der Waals surface area contributed by atoms with Gasteiger partial charge >= 0.3 is 6.03 Å². The van der Waals surface area contributed by atoms with Gasteiger partial charge in [-0.25, -0.2) is 4.79 Å². The Morgan fingerprint density at radius 2 is 1.91 bits per heavy atom. The van der Waals surface area contributed by atoms with Gasteiger partial charge in [0.05, 0.1) is 12.2 Å². The van der Waals surface area contributed by atoms with Gasteiger partial charge in [0.2, 0.25) is 0 Å². The molecule has 0 bridgehead atoms. The lowest BCUT2D eigenvalue weighted by molar-refractivity contribution is -0.0838. The van der Waals surface area contributed by atoms with E-state index in [2.05, 4.69) is 31.4 Å². The molecule has 1 saturated heterocycles. The van der Waals surface area contributed by atoms with Crippen molar-refractivity contribution in [2.75, 3.05) is 19.7 Å². The number of aliphatic hydroxyl groups excluding tert-OH is 1. The van der Waals surface area contributed by atoms with E-state index in [1.165, 1.54) is 0 Å². The Hall–Kier alpha value is -0.810. The minimum atomic E-state index is -0.359. The zero-order valence-corrected chi connectivity index (χ0v) is 15.7. The van der Waals surface area contributed by atoms with Gasteiger partial charge in [-0.2, -0.15) is 0 Å². The third-order valence-corrected chi connectivity index (χ3v) is 4.40. The summed E-state index contributed by atoms with van der Waals surface area (Å²) in [5, 5.41) is 15.4. The van der Waals surface area contributed by atoms with Gasteiger partial charge in [0.25, 0.3) is 0 Å². The smallest absolute Gasteiger partial charge is 0.314 e. The number of carbonyl (C=O) groups excluding carboxylic acids is 1. The van der Waals surface area contributed by atoms with Crippen LogP contribution in [0.5, 0.6) is 0 Å². The zero-order valence-electron chi connectivity index (χ0n) is 15.7. The van der Waals surface area contributed by atoms with E-state index in [1.54, 1.807) is 6.92 Å². The molecule has 0 unspecified atom stereocenters. The predicted molar refractivity (Wildman–Crippen MR) is 93.4 cm³/mol. The van der Waals surface area contributed by atoms with Crippen LogP contribution in [0.2, 0.25) is 0 Å². The molecule has 0 radical (unpaired) electrons. The van der Waals surface area contributed by atoms with Crippen LogP contribution in [-0.2, 0) is 4.74 Å².